The largest absolute Gasteiger partial charge is 0.493 e. The lowest BCUT2D eigenvalue weighted by atomic mass is 10.1. The van der Waals surface area contributed by atoms with Crippen molar-refractivity contribution in [3.8, 4) is 11.5 Å². The maximum absolute atomic E-state index is 12.1. The van der Waals surface area contributed by atoms with Crippen molar-refractivity contribution in [2.24, 2.45) is 0 Å². The van der Waals surface area contributed by atoms with Gasteiger partial charge in [0.1, 0.15) is 6.61 Å². The van der Waals surface area contributed by atoms with Crippen LogP contribution in [0.5, 0.6) is 11.5 Å². The molecular weight excluding hydrogens is 364 g/mol. The van der Waals surface area contributed by atoms with Crippen LogP contribution in [0.4, 0.5) is 0 Å². The number of hydrogen-bond donors (Lipinski definition) is 0. The standard InChI is InChI=1S/C24H26N2O3/c1-19(27)26(15-13-22-10-6-7-14-25-22)17-21-11-12-23(24(16-21)28-2)29-18-20-8-4-3-5-9-20/h3-12,14,16H,13,15,17-18H2,1-2H3. The van der Waals surface area contributed by atoms with Crippen LogP contribution in [0.3, 0.4) is 0 Å². The molecule has 2 aromatic carbocycles. The lowest BCUT2D eigenvalue weighted by Gasteiger charge is -2.22. The molecule has 0 aliphatic carbocycles. The van der Waals surface area contributed by atoms with Gasteiger partial charge in [0, 0.05) is 38.3 Å². The van der Waals surface area contributed by atoms with Gasteiger partial charge in [0.25, 0.3) is 0 Å². The Labute approximate surface area is 171 Å². The van der Waals surface area contributed by atoms with E-state index in [1.807, 2.05) is 71.6 Å². The molecule has 0 saturated carbocycles. The fourth-order valence-corrected chi connectivity index (χ4v) is 3.03. The van der Waals surface area contributed by atoms with Crippen molar-refractivity contribution in [2.75, 3.05) is 13.7 Å². The van der Waals surface area contributed by atoms with E-state index < -0.39 is 0 Å². The molecule has 3 aromatic rings. The second kappa shape index (κ2) is 10.3. The SMILES string of the molecule is COc1cc(CN(CCc2ccccn2)C(C)=O)ccc1OCc1ccccc1. The Morgan fingerprint density at radius 3 is 2.45 bits per heavy atom. The maximum Gasteiger partial charge on any atom is 0.219 e. The Bertz CT molecular complexity index is 914. The van der Waals surface area contributed by atoms with Gasteiger partial charge in [0.15, 0.2) is 11.5 Å². The molecule has 0 atom stereocenters. The van der Waals surface area contributed by atoms with Crippen LogP contribution in [0.25, 0.3) is 0 Å². The number of nitrogens with zero attached hydrogens (tertiary/aromatic N) is 2. The third-order valence-corrected chi connectivity index (χ3v) is 4.65. The summed E-state index contributed by atoms with van der Waals surface area (Å²) in [4.78, 5) is 18.2. The topological polar surface area (TPSA) is 51.7 Å². The van der Waals surface area contributed by atoms with Gasteiger partial charge in [-0.3, -0.25) is 9.78 Å². The average Bonchev–Trinajstić information content (AvgIpc) is 2.76. The van der Waals surface area contributed by atoms with Crippen molar-refractivity contribution in [1.29, 1.82) is 0 Å². The molecule has 0 unspecified atom stereocenters. The van der Waals surface area contributed by atoms with E-state index >= 15 is 0 Å². The van der Waals surface area contributed by atoms with E-state index in [4.69, 9.17) is 9.47 Å². The second-order valence-electron chi connectivity index (χ2n) is 6.77. The molecule has 3 rings (SSSR count). The quantitative estimate of drug-likeness (QED) is 0.548. The number of carbonyl (C=O) groups excluding carboxylic acids is 1. The average molecular weight is 390 g/mol. The molecule has 5 heteroatoms. The highest BCUT2D eigenvalue weighted by Crippen LogP contribution is 2.29. The smallest absolute Gasteiger partial charge is 0.219 e. The molecule has 5 nitrogen and oxygen atoms in total. The summed E-state index contributed by atoms with van der Waals surface area (Å²) in [6.45, 7) is 3.19. The van der Waals surface area contributed by atoms with Gasteiger partial charge in [0.2, 0.25) is 5.91 Å². The number of methoxy groups -OCH3 is 1. The van der Waals surface area contributed by atoms with E-state index in [1.165, 1.54) is 0 Å². The lowest BCUT2D eigenvalue weighted by molar-refractivity contribution is -0.129. The first-order valence-electron chi connectivity index (χ1n) is 9.65. The van der Waals surface area contributed by atoms with Crippen molar-refractivity contribution in [1.82, 2.24) is 9.88 Å². The zero-order chi connectivity index (χ0) is 20.5. The lowest BCUT2D eigenvalue weighted by Crippen LogP contribution is -2.30. The van der Waals surface area contributed by atoms with Crippen LogP contribution in [0.1, 0.15) is 23.7 Å². The van der Waals surface area contributed by atoms with Crippen molar-refractivity contribution >= 4 is 5.91 Å². The fraction of sp³-hybridized carbons (Fsp3) is 0.250. The number of aromatic nitrogens is 1. The minimum absolute atomic E-state index is 0.0318. The van der Waals surface area contributed by atoms with Crippen molar-refractivity contribution in [3.63, 3.8) is 0 Å². The summed E-state index contributed by atoms with van der Waals surface area (Å²) in [6.07, 6.45) is 2.49. The summed E-state index contributed by atoms with van der Waals surface area (Å²) < 4.78 is 11.4. The first-order valence-corrected chi connectivity index (χ1v) is 9.65. The van der Waals surface area contributed by atoms with Crippen LogP contribution in [-0.2, 0) is 24.4 Å². The van der Waals surface area contributed by atoms with Crippen LogP contribution in [-0.4, -0.2) is 29.4 Å². The predicted molar refractivity (Wildman–Crippen MR) is 113 cm³/mol. The number of pyridine rings is 1. The van der Waals surface area contributed by atoms with Crippen molar-refractivity contribution < 1.29 is 14.3 Å². The Morgan fingerprint density at radius 1 is 0.966 bits per heavy atom. The highest BCUT2D eigenvalue weighted by molar-refractivity contribution is 5.73. The van der Waals surface area contributed by atoms with Crippen LogP contribution in [0.15, 0.2) is 72.9 Å². The minimum atomic E-state index is 0.0318. The molecule has 150 valence electrons. The van der Waals surface area contributed by atoms with Crippen LogP contribution in [0, 0.1) is 0 Å². The van der Waals surface area contributed by atoms with E-state index in [0.29, 0.717) is 31.2 Å². The molecule has 0 radical (unpaired) electrons. The van der Waals surface area contributed by atoms with Crippen LogP contribution >= 0.6 is 0 Å². The number of ether oxygens (including phenoxy) is 2. The first kappa shape index (κ1) is 20.4. The molecule has 0 aliphatic rings. The molecule has 1 heterocycles. The van der Waals surface area contributed by atoms with E-state index in [2.05, 4.69) is 4.98 Å². The predicted octanol–water partition coefficient (Wildman–Crippen LogP) is 4.26. The monoisotopic (exact) mass is 390 g/mol. The third-order valence-electron chi connectivity index (χ3n) is 4.65. The molecule has 1 amide bonds. The molecule has 29 heavy (non-hydrogen) atoms. The third kappa shape index (κ3) is 6.07. The van der Waals surface area contributed by atoms with Gasteiger partial charge in [-0.2, -0.15) is 0 Å². The summed E-state index contributed by atoms with van der Waals surface area (Å²) in [7, 11) is 1.62. The Morgan fingerprint density at radius 2 is 1.76 bits per heavy atom. The molecular formula is C24H26N2O3. The first-order chi connectivity index (χ1) is 14.2. The van der Waals surface area contributed by atoms with E-state index in [9.17, 15) is 4.79 Å². The summed E-state index contributed by atoms with van der Waals surface area (Å²) in [5.74, 6) is 1.37. The Kier molecular flexibility index (Phi) is 7.22. The normalized spacial score (nSPS) is 10.4. The summed E-state index contributed by atoms with van der Waals surface area (Å²) >= 11 is 0. The van der Waals surface area contributed by atoms with Gasteiger partial charge < -0.3 is 14.4 Å². The van der Waals surface area contributed by atoms with Crippen LogP contribution < -0.4 is 9.47 Å². The molecule has 0 fully saturated rings. The number of amides is 1. The summed E-state index contributed by atoms with van der Waals surface area (Å²) in [5.41, 5.74) is 3.06. The van der Waals surface area contributed by atoms with Gasteiger partial charge in [-0.1, -0.05) is 42.5 Å². The Balaban J connectivity index is 1.64. The molecule has 0 bridgehead atoms. The van der Waals surface area contributed by atoms with Gasteiger partial charge in [-0.15, -0.1) is 0 Å². The van der Waals surface area contributed by atoms with Gasteiger partial charge >= 0.3 is 0 Å². The molecule has 0 aliphatic heterocycles. The van der Waals surface area contributed by atoms with Gasteiger partial charge in [-0.25, -0.2) is 0 Å². The molecule has 1 aromatic heterocycles. The Hall–Kier alpha value is -3.34. The number of hydrogen-bond acceptors (Lipinski definition) is 4. The highest BCUT2D eigenvalue weighted by atomic mass is 16.5. The van der Waals surface area contributed by atoms with Crippen LogP contribution in [0.2, 0.25) is 0 Å². The molecule has 0 N–H and O–H groups in total. The maximum atomic E-state index is 12.1. The minimum Gasteiger partial charge on any atom is -0.493 e. The number of carbonyl (C=O) groups is 1. The second-order valence-corrected chi connectivity index (χ2v) is 6.77. The van der Waals surface area contributed by atoms with E-state index in [-0.39, 0.29) is 5.91 Å². The van der Waals surface area contributed by atoms with Crippen molar-refractivity contribution in [3.05, 3.63) is 89.7 Å². The summed E-state index contributed by atoms with van der Waals surface area (Å²) in [6, 6.07) is 21.6. The zero-order valence-electron chi connectivity index (χ0n) is 16.9. The zero-order valence-corrected chi connectivity index (χ0v) is 16.9. The highest BCUT2D eigenvalue weighted by Gasteiger charge is 2.13. The summed E-state index contributed by atoms with van der Waals surface area (Å²) in [5, 5.41) is 0. The van der Waals surface area contributed by atoms with E-state index in [1.54, 1.807) is 20.2 Å². The van der Waals surface area contributed by atoms with E-state index in [0.717, 1.165) is 23.2 Å². The van der Waals surface area contributed by atoms with Gasteiger partial charge in [-0.05, 0) is 35.4 Å². The molecule has 0 saturated heterocycles. The van der Waals surface area contributed by atoms with Gasteiger partial charge in [0.05, 0.1) is 7.11 Å². The fourth-order valence-electron chi connectivity index (χ4n) is 3.03. The number of rotatable bonds is 9. The molecule has 0 spiro atoms. The van der Waals surface area contributed by atoms with Crippen molar-refractivity contribution in [2.45, 2.75) is 26.5 Å². The number of benzene rings is 2.